The predicted molar refractivity (Wildman–Crippen MR) is 73.0 cm³/mol. The van der Waals surface area contributed by atoms with Crippen molar-refractivity contribution in [3.63, 3.8) is 0 Å². The molecule has 0 atom stereocenters. The van der Waals surface area contributed by atoms with Crippen molar-refractivity contribution in [1.29, 1.82) is 0 Å². The van der Waals surface area contributed by atoms with Crippen LogP contribution in [0.3, 0.4) is 0 Å². The maximum atomic E-state index is 10.7. The van der Waals surface area contributed by atoms with Crippen LogP contribution in [0.5, 0.6) is 5.75 Å². The van der Waals surface area contributed by atoms with Gasteiger partial charge in [-0.05, 0) is 28.1 Å². The molecule has 0 saturated carbocycles. The summed E-state index contributed by atoms with van der Waals surface area (Å²) in [5, 5.41) is 10.3. The third-order valence-corrected chi connectivity index (χ3v) is 3.33. The van der Waals surface area contributed by atoms with Crippen LogP contribution in [0.25, 0.3) is 6.08 Å². The second-order valence-corrected chi connectivity index (χ2v) is 5.52. The lowest BCUT2D eigenvalue weighted by molar-refractivity contribution is -0.109. The molecule has 0 saturated heterocycles. The van der Waals surface area contributed by atoms with Gasteiger partial charge in [-0.15, -0.1) is 0 Å². The van der Waals surface area contributed by atoms with Crippen molar-refractivity contribution in [3.8, 4) is 5.75 Å². The number of hydrogen-bond donors (Lipinski definition) is 1. The molecule has 0 aromatic heterocycles. The lowest BCUT2D eigenvalue weighted by Gasteiger charge is -2.02. The van der Waals surface area contributed by atoms with Gasteiger partial charge < -0.3 is 5.11 Å². The summed E-state index contributed by atoms with van der Waals surface area (Å²) in [7, 11) is 0. The standard InChI is InChI=1S/C11H10BrClO2S/c1-7(14)16-4-2-3-8-5-9(13)6-10(12)11(8)15/h2-3,5-6,15H,4H2,1H3. The predicted octanol–water partition coefficient (Wildman–Crippen LogP) is 4.10. The minimum atomic E-state index is 0.0705. The van der Waals surface area contributed by atoms with Crippen LogP contribution in [-0.4, -0.2) is 16.0 Å². The molecule has 0 spiro atoms. The maximum absolute atomic E-state index is 10.7. The SMILES string of the molecule is CC(=O)SCC=Cc1cc(Cl)cc(Br)c1O. The summed E-state index contributed by atoms with van der Waals surface area (Å²) in [6.07, 6.45) is 3.55. The highest BCUT2D eigenvalue weighted by molar-refractivity contribution is 9.10. The van der Waals surface area contributed by atoms with Crippen LogP contribution in [0.2, 0.25) is 5.02 Å². The van der Waals surface area contributed by atoms with Gasteiger partial charge in [-0.25, -0.2) is 0 Å². The molecule has 1 rings (SSSR count). The van der Waals surface area contributed by atoms with E-state index in [-0.39, 0.29) is 10.9 Å². The Morgan fingerprint density at radius 3 is 2.94 bits per heavy atom. The van der Waals surface area contributed by atoms with Crippen LogP contribution in [0, 0.1) is 0 Å². The maximum Gasteiger partial charge on any atom is 0.186 e. The highest BCUT2D eigenvalue weighted by atomic mass is 79.9. The second-order valence-electron chi connectivity index (χ2n) is 3.03. The Morgan fingerprint density at radius 1 is 1.62 bits per heavy atom. The van der Waals surface area contributed by atoms with E-state index in [0.717, 1.165) is 0 Å². The highest BCUT2D eigenvalue weighted by Crippen LogP contribution is 2.32. The minimum Gasteiger partial charge on any atom is -0.506 e. The third kappa shape index (κ3) is 4.20. The molecule has 1 aromatic carbocycles. The average Bonchev–Trinajstić information content (AvgIpc) is 2.19. The van der Waals surface area contributed by atoms with Crippen molar-refractivity contribution in [3.05, 3.63) is 33.3 Å². The molecule has 0 unspecified atom stereocenters. The van der Waals surface area contributed by atoms with Crippen molar-refractivity contribution < 1.29 is 9.90 Å². The fraction of sp³-hybridized carbons (Fsp3) is 0.182. The van der Waals surface area contributed by atoms with E-state index in [1.54, 1.807) is 18.2 Å². The molecule has 0 aliphatic carbocycles. The van der Waals surface area contributed by atoms with Gasteiger partial charge in [0.15, 0.2) is 5.12 Å². The summed E-state index contributed by atoms with van der Waals surface area (Å²) in [6.45, 7) is 1.52. The van der Waals surface area contributed by atoms with Crippen molar-refractivity contribution in [2.75, 3.05) is 5.75 Å². The van der Waals surface area contributed by atoms with Crippen LogP contribution in [0.1, 0.15) is 12.5 Å². The van der Waals surface area contributed by atoms with E-state index in [9.17, 15) is 9.90 Å². The molecule has 0 bridgehead atoms. The van der Waals surface area contributed by atoms with E-state index >= 15 is 0 Å². The van der Waals surface area contributed by atoms with Gasteiger partial charge in [-0.3, -0.25) is 4.79 Å². The molecule has 0 heterocycles. The molecular formula is C11H10BrClO2S. The summed E-state index contributed by atoms with van der Waals surface area (Å²) in [4.78, 5) is 10.7. The molecule has 2 nitrogen and oxygen atoms in total. The van der Waals surface area contributed by atoms with E-state index in [2.05, 4.69) is 15.9 Å². The number of halogens is 2. The zero-order valence-electron chi connectivity index (χ0n) is 8.54. The number of benzene rings is 1. The molecule has 5 heteroatoms. The molecule has 1 aromatic rings. The molecule has 0 radical (unpaired) electrons. The van der Waals surface area contributed by atoms with Gasteiger partial charge in [0.25, 0.3) is 0 Å². The van der Waals surface area contributed by atoms with Gasteiger partial charge in [0.05, 0.1) is 4.47 Å². The highest BCUT2D eigenvalue weighted by Gasteiger charge is 2.04. The molecule has 0 fully saturated rings. The van der Waals surface area contributed by atoms with Crippen molar-refractivity contribution >= 4 is 50.5 Å². The Bertz CT molecular complexity index is 432. The van der Waals surface area contributed by atoms with Gasteiger partial charge in [0.1, 0.15) is 5.75 Å². The quantitative estimate of drug-likeness (QED) is 0.910. The van der Waals surface area contributed by atoms with Gasteiger partial charge >= 0.3 is 0 Å². The first-order valence-corrected chi connectivity index (χ1v) is 6.64. The molecular weight excluding hydrogens is 312 g/mol. The van der Waals surface area contributed by atoms with E-state index in [4.69, 9.17) is 11.6 Å². The summed E-state index contributed by atoms with van der Waals surface area (Å²) in [5.41, 5.74) is 0.628. The van der Waals surface area contributed by atoms with E-state index in [1.165, 1.54) is 18.7 Å². The number of phenols is 1. The monoisotopic (exact) mass is 320 g/mol. The van der Waals surface area contributed by atoms with Crippen molar-refractivity contribution in [1.82, 2.24) is 0 Å². The van der Waals surface area contributed by atoms with Gasteiger partial charge in [0, 0.05) is 23.3 Å². The van der Waals surface area contributed by atoms with Crippen LogP contribution < -0.4 is 0 Å². The molecule has 0 aliphatic heterocycles. The van der Waals surface area contributed by atoms with Gasteiger partial charge in [-0.1, -0.05) is 35.5 Å². The Labute approximate surface area is 112 Å². The molecule has 16 heavy (non-hydrogen) atoms. The lowest BCUT2D eigenvalue weighted by Crippen LogP contribution is -1.82. The third-order valence-electron chi connectivity index (χ3n) is 1.74. The number of carbonyl (C=O) groups is 1. The van der Waals surface area contributed by atoms with Crippen molar-refractivity contribution in [2.45, 2.75) is 6.92 Å². The van der Waals surface area contributed by atoms with Crippen LogP contribution in [-0.2, 0) is 4.79 Å². The summed E-state index contributed by atoms with van der Waals surface area (Å²) < 4.78 is 0.555. The number of aromatic hydroxyl groups is 1. The average molecular weight is 322 g/mol. The first-order valence-electron chi connectivity index (χ1n) is 4.48. The number of thioether (sulfide) groups is 1. The first-order chi connectivity index (χ1) is 7.50. The molecule has 0 amide bonds. The van der Waals surface area contributed by atoms with E-state index < -0.39 is 0 Å². The lowest BCUT2D eigenvalue weighted by atomic mass is 10.2. The Morgan fingerprint density at radius 2 is 2.31 bits per heavy atom. The summed E-state index contributed by atoms with van der Waals surface area (Å²) in [5.74, 6) is 0.729. The zero-order chi connectivity index (χ0) is 12.1. The van der Waals surface area contributed by atoms with Crippen LogP contribution in [0.4, 0.5) is 0 Å². The molecule has 1 N–H and O–H groups in total. The Kier molecular flexibility index (Phi) is 5.38. The largest absolute Gasteiger partial charge is 0.506 e. The number of rotatable bonds is 3. The smallest absolute Gasteiger partial charge is 0.186 e. The number of phenolic OH excluding ortho intramolecular Hbond substituents is 1. The summed E-state index contributed by atoms with van der Waals surface area (Å²) >= 11 is 10.3. The van der Waals surface area contributed by atoms with Crippen molar-refractivity contribution in [2.24, 2.45) is 0 Å². The van der Waals surface area contributed by atoms with E-state index in [1.807, 2.05) is 6.08 Å². The van der Waals surface area contributed by atoms with Crippen LogP contribution in [0.15, 0.2) is 22.7 Å². The normalized spacial score (nSPS) is 10.9. The fourth-order valence-corrected chi connectivity index (χ4v) is 2.31. The van der Waals surface area contributed by atoms with E-state index in [0.29, 0.717) is 20.8 Å². The number of carbonyl (C=O) groups excluding carboxylic acids is 1. The molecule has 0 aliphatic rings. The fourth-order valence-electron chi connectivity index (χ4n) is 1.05. The Balaban J connectivity index is 2.77. The molecule has 86 valence electrons. The first kappa shape index (κ1) is 13.6. The summed E-state index contributed by atoms with van der Waals surface area (Å²) in [6, 6.07) is 3.29. The topological polar surface area (TPSA) is 37.3 Å². The van der Waals surface area contributed by atoms with Gasteiger partial charge in [0.2, 0.25) is 0 Å². The number of hydrogen-bond acceptors (Lipinski definition) is 3. The van der Waals surface area contributed by atoms with Gasteiger partial charge in [-0.2, -0.15) is 0 Å². The minimum absolute atomic E-state index is 0.0705. The zero-order valence-corrected chi connectivity index (χ0v) is 11.7. The second kappa shape index (κ2) is 6.33. The Hall–Kier alpha value is -0.450. The van der Waals surface area contributed by atoms with Crippen LogP contribution >= 0.6 is 39.3 Å².